The number of rotatable bonds is 5. The summed E-state index contributed by atoms with van der Waals surface area (Å²) in [5, 5.41) is 7.94. The summed E-state index contributed by atoms with van der Waals surface area (Å²) in [6.45, 7) is 2.77. The molecule has 1 aromatic heterocycles. The third kappa shape index (κ3) is 3.58. The third-order valence-corrected chi connectivity index (χ3v) is 6.55. The van der Waals surface area contributed by atoms with E-state index in [1.165, 1.54) is 16.4 Å². The quantitative estimate of drug-likeness (QED) is 0.806. The number of halogens is 1. The van der Waals surface area contributed by atoms with Gasteiger partial charge in [0.15, 0.2) is 5.82 Å². The van der Waals surface area contributed by atoms with Gasteiger partial charge in [0.25, 0.3) is 0 Å². The number of nitrogens with zero attached hydrogens (tertiary/aromatic N) is 4. The molecule has 0 unspecified atom stereocenters. The second-order valence-corrected chi connectivity index (χ2v) is 8.04. The molecule has 136 valence electrons. The second kappa shape index (κ2) is 7.19. The highest BCUT2D eigenvalue weighted by atomic mass is 32.2. The van der Waals surface area contributed by atoms with Crippen LogP contribution in [0.15, 0.2) is 29.4 Å². The second-order valence-electron chi connectivity index (χ2n) is 6.13. The molecule has 0 spiro atoms. The van der Waals surface area contributed by atoms with Crippen LogP contribution in [0.5, 0.6) is 0 Å². The van der Waals surface area contributed by atoms with Crippen molar-refractivity contribution in [3.8, 4) is 0 Å². The molecule has 0 aliphatic carbocycles. The Balaban J connectivity index is 1.75. The lowest BCUT2D eigenvalue weighted by Crippen LogP contribution is -2.39. The summed E-state index contributed by atoms with van der Waals surface area (Å²) in [6.07, 6.45) is 2.94. The van der Waals surface area contributed by atoms with Gasteiger partial charge in [-0.1, -0.05) is 6.07 Å². The summed E-state index contributed by atoms with van der Waals surface area (Å²) in [5.74, 6) is 0.178. The Morgan fingerprint density at radius 2 is 2.04 bits per heavy atom. The van der Waals surface area contributed by atoms with Crippen molar-refractivity contribution in [2.24, 2.45) is 0 Å². The minimum absolute atomic E-state index is 0.0373. The van der Waals surface area contributed by atoms with Crippen molar-refractivity contribution in [2.45, 2.75) is 37.3 Å². The highest BCUT2D eigenvalue weighted by Crippen LogP contribution is 2.29. The van der Waals surface area contributed by atoms with Crippen LogP contribution in [0.1, 0.15) is 30.3 Å². The molecule has 2 heterocycles. The van der Waals surface area contributed by atoms with Gasteiger partial charge in [-0.3, -0.25) is 0 Å². The van der Waals surface area contributed by atoms with Crippen molar-refractivity contribution < 1.29 is 17.5 Å². The highest BCUT2D eigenvalue weighted by molar-refractivity contribution is 7.89. The number of benzene rings is 1. The summed E-state index contributed by atoms with van der Waals surface area (Å²) < 4.78 is 47.6. The first-order valence-corrected chi connectivity index (χ1v) is 9.51. The minimum atomic E-state index is -3.70. The number of hydrogen-bond acceptors (Lipinski definition) is 5. The number of sulfonamides is 1. The fourth-order valence-electron chi connectivity index (χ4n) is 3.16. The predicted molar refractivity (Wildman–Crippen MR) is 88.9 cm³/mol. The van der Waals surface area contributed by atoms with Gasteiger partial charge in [-0.15, -0.1) is 10.2 Å². The number of methoxy groups -OCH3 is 1. The van der Waals surface area contributed by atoms with Gasteiger partial charge in [-0.25, -0.2) is 12.8 Å². The van der Waals surface area contributed by atoms with E-state index in [0.29, 0.717) is 38.1 Å². The van der Waals surface area contributed by atoms with Crippen LogP contribution < -0.4 is 0 Å². The van der Waals surface area contributed by atoms with Crippen molar-refractivity contribution in [1.82, 2.24) is 19.1 Å². The standard InChI is InChI=1S/C16H21FN4O3S/c1-12-3-4-13(17)9-15(12)25(22,23)20-7-5-14(6-8-20)21-11-18-19-16(21)10-24-2/h3-4,9,11,14H,5-8,10H2,1-2H3. The molecular formula is C16H21FN4O3S. The van der Waals surface area contributed by atoms with Gasteiger partial charge < -0.3 is 9.30 Å². The molecule has 0 saturated carbocycles. The first-order valence-electron chi connectivity index (χ1n) is 8.07. The van der Waals surface area contributed by atoms with Gasteiger partial charge in [0.2, 0.25) is 10.0 Å². The van der Waals surface area contributed by atoms with E-state index in [1.807, 2.05) is 4.57 Å². The number of aromatic nitrogens is 3. The summed E-state index contributed by atoms with van der Waals surface area (Å²) in [5.41, 5.74) is 0.546. The zero-order valence-electron chi connectivity index (χ0n) is 14.2. The maximum atomic E-state index is 13.5. The van der Waals surface area contributed by atoms with E-state index in [4.69, 9.17) is 4.74 Å². The Labute approximate surface area is 146 Å². The normalized spacial score (nSPS) is 17.1. The zero-order chi connectivity index (χ0) is 18.0. The van der Waals surface area contributed by atoms with Gasteiger partial charge in [0.05, 0.1) is 4.90 Å². The van der Waals surface area contributed by atoms with Crippen molar-refractivity contribution in [3.05, 3.63) is 41.7 Å². The van der Waals surface area contributed by atoms with Gasteiger partial charge in [0.1, 0.15) is 18.8 Å². The zero-order valence-corrected chi connectivity index (χ0v) is 15.0. The van der Waals surface area contributed by atoms with Gasteiger partial charge >= 0.3 is 0 Å². The molecule has 1 aliphatic heterocycles. The monoisotopic (exact) mass is 368 g/mol. The van der Waals surface area contributed by atoms with E-state index in [1.54, 1.807) is 20.4 Å². The van der Waals surface area contributed by atoms with Crippen LogP contribution in [0, 0.1) is 12.7 Å². The van der Waals surface area contributed by atoms with E-state index in [-0.39, 0.29) is 10.9 Å². The highest BCUT2D eigenvalue weighted by Gasteiger charge is 2.31. The Hall–Kier alpha value is -1.84. The smallest absolute Gasteiger partial charge is 0.243 e. The number of ether oxygens (including phenoxy) is 1. The fourth-order valence-corrected chi connectivity index (χ4v) is 4.86. The average molecular weight is 368 g/mol. The van der Waals surface area contributed by atoms with Crippen molar-refractivity contribution in [1.29, 1.82) is 0 Å². The van der Waals surface area contributed by atoms with Crippen LogP contribution in [0.2, 0.25) is 0 Å². The molecule has 0 amide bonds. The third-order valence-electron chi connectivity index (χ3n) is 4.51. The lowest BCUT2D eigenvalue weighted by atomic mass is 10.1. The van der Waals surface area contributed by atoms with E-state index in [9.17, 15) is 12.8 Å². The molecule has 1 aromatic carbocycles. The van der Waals surface area contributed by atoms with Crippen LogP contribution in [0.4, 0.5) is 4.39 Å². The molecule has 1 saturated heterocycles. The molecule has 7 nitrogen and oxygen atoms in total. The summed E-state index contributed by atoms with van der Waals surface area (Å²) >= 11 is 0. The van der Waals surface area contributed by atoms with Crippen LogP contribution in [-0.2, 0) is 21.4 Å². The summed E-state index contributed by atoms with van der Waals surface area (Å²) in [6, 6.07) is 3.97. The molecule has 2 aromatic rings. The average Bonchev–Trinajstić information content (AvgIpc) is 3.06. The molecule has 25 heavy (non-hydrogen) atoms. The molecule has 9 heteroatoms. The molecular weight excluding hydrogens is 347 g/mol. The fraction of sp³-hybridized carbons (Fsp3) is 0.500. The number of aryl methyl sites for hydroxylation is 1. The van der Waals surface area contributed by atoms with Gasteiger partial charge in [-0.2, -0.15) is 4.31 Å². The SMILES string of the molecule is COCc1nncn1C1CCN(S(=O)(=O)c2cc(F)ccc2C)CC1. The lowest BCUT2D eigenvalue weighted by molar-refractivity contribution is 0.167. The van der Waals surface area contributed by atoms with E-state index >= 15 is 0 Å². The van der Waals surface area contributed by atoms with Crippen molar-refractivity contribution in [3.63, 3.8) is 0 Å². The van der Waals surface area contributed by atoms with Crippen LogP contribution in [0.3, 0.4) is 0 Å². The lowest BCUT2D eigenvalue weighted by Gasteiger charge is -2.32. The Morgan fingerprint density at radius 3 is 2.72 bits per heavy atom. The maximum absolute atomic E-state index is 13.5. The van der Waals surface area contributed by atoms with Gasteiger partial charge in [0, 0.05) is 26.2 Å². The van der Waals surface area contributed by atoms with Crippen LogP contribution >= 0.6 is 0 Å². The number of hydrogen-bond donors (Lipinski definition) is 0. The molecule has 1 aliphatic rings. The predicted octanol–water partition coefficient (Wildman–Crippen LogP) is 1.90. The molecule has 0 radical (unpaired) electrons. The van der Waals surface area contributed by atoms with E-state index < -0.39 is 15.8 Å². The largest absolute Gasteiger partial charge is 0.377 e. The van der Waals surface area contributed by atoms with E-state index in [0.717, 1.165) is 11.9 Å². The molecule has 0 N–H and O–H groups in total. The summed E-state index contributed by atoms with van der Waals surface area (Å²) in [7, 11) is -2.11. The van der Waals surface area contributed by atoms with Crippen molar-refractivity contribution >= 4 is 10.0 Å². The molecule has 0 atom stereocenters. The van der Waals surface area contributed by atoms with Crippen LogP contribution in [0.25, 0.3) is 0 Å². The number of piperidine rings is 1. The van der Waals surface area contributed by atoms with Gasteiger partial charge in [-0.05, 0) is 37.5 Å². The van der Waals surface area contributed by atoms with Crippen LogP contribution in [-0.4, -0.2) is 47.7 Å². The van der Waals surface area contributed by atoms with Crippen molar-refractivity contribution in [2.75, 3.05) is 20.2 Å². The first-order chi connectivity index (χ1) is 11.9. The summed E-state index contributed by atoms with van der Waals surface area (Å²) in [4.78, 5) is 0.0373. The first kappa shape index (κ1) is 18.0. The van der Waals surface area contributed by atoms with E-state index in [2.05, 4.69) is 10.2 Å². The Bertz CT molecular complexity index is 845. The minimum Gasteiger partial charge on any atom is -0.377 e. The molecule has 1 fully saturated rings. The Kier molecular flexibility index (Phi) is 5.16. The topological polar surface area (TPSA) is 77.3 Å². The molecule has 3 rings (SSSR count). The maximum Gasteiger partial charge on any atom is 0.243 e. The Morgan fingerprint density at radius 1 is 1.32 bits per heavy atom. The molecule has 0 bridgehead atoms.